The molecule has 5 N–H and O–H groups in total. The van der Waals surface area contributed by atoms with Crippen molar-refractivity contribution in [1.29, 1.82) is 0 Å². The molecule has 1 aliphatic rings. The Labute approximate surface area is 71.4 Å². The fourth-order valence-corrected chi connectivity index (χ4v) is 0.842. The molecule has 0 saturated carbocycles. The highest BCUT2D eigenvalue weighted by Gasteiger charge is 2.15. The van der Waals surface area contributed by atoms with E-state index in [9.17, 15) is 0 Å². The fraction of sp³-hybridized carbons (Fsp3) is 0.429. The molecule has 0 aliphatic carbocycles. The molecule has 0 bridgehead atoms. The molecule has 5 heteroatoms. The third-order valence-electron chi connectivity index (χ3n) is 1.62. The Kier molecular flexibility index (Phi) is 2.32. The summed E-state index contributed by atoms with van der Waals surface area (Å²) in [6.45, 7) is 4.01. The van der Waals surface area contributed by atoms with Gasteiger partial charge in [0.1, 0.15) is 0 Å². The topological polar surface area (TPSA) is 79.4 Å². The fourth-order valence-electron chi connectivity index (χ4n) is 0.842. The summed E-state index contributed by atoms with van der Waals surface area (Å²) in [6, 6.07) is 0. The summed E-state index contributed by atoms with van der Waals surface area (Å²) in [5.74, 6) is 6.54. The average molecular weight is 168 g/mol. The summed E-state index contributed by atoms with van der Waals surface area (Å²) in [7, 11) is 0. The minimum Gasteiger partial charge on any atom is -0.396 e. The first kappa shape index (κ1) is 8.58. The molecule has 1 heterocycles. The molecule has 12 heavy (non-hydrogen) atoms. The number of aliphatic imine (C=N–C) groups is 1. The van der Waals surface area contributed by atoms with E-state index in [1.165, 1.54) is 11.0 Å². The summed E-state index contributed by atoms with van der Waals surface area (Å²) in [4.78, 5) is 3.80. The van der Waals surface area contributed by atoms with Crippen molar-refractivity contribution in [3.05, 3.63) is 11.5 Å². The molecule has 0 atom stereocenters. The van der Waals surface area contributed by atoms with Crippen molar-refractivity contribution >= 4 is 12.7 Å². The lowest BCUT2D eigenvalue weighted by Gasteiger charge is -2.11. The second kappa shape index (κ2) is 3.25. The molecule has 0 spiro atoms. The number of hydrogen-bond acceptors (Lipinski definition) is 4. The highest BCUT2D eigenvalue weighted by Crippen LogP contribution is 2.06. The van der Waals surface area contributed by atoms with Gasteiger partial charge in [0.05, 0.1) is 5.70 Å². The van der Waals surface area contributed by atoms with Crippen molar-refractivity contribution in [2.75, 3.05) is 0 Å². The van der Waals surface area contributed by atoms with E-state index in [1.807, 2.05) is 13.8 Å². The van der Waals surface area contributed by atoms with Gasteiger partial charge in [-0.25, -0.2) is 5.32 Å². The molecule has 0 aromatic heterocycles. The van der Waals surface area contributed by atoms with E-state index in [1.54, 1.807) is 6.34 Å². The Balaban J connectivity index is 2.96. The molecule has 0 saturated heterocycles. The van der Waals surface area contributed by atoms with Gasteiger partial charge in [0.15, 0.2) is 0 Å². The normalized spacial score (nSPS) is 20.4. The predicted octanol–water partition coefficient (Wildman–Crippen LogP) is -0.684. The maximum absolute atomic E-state index is 5.80. The van der Waals surface area contributed by atoms with E-state index in [4.69, 9.17) is 11.6 Å². The Hall–Kier alpha value is -1.52. The van der Waals surface area contributed by atoms with E-state index in [0.717, 1.165) is 5.70 Å². The Bertz CT molecular complexity index is 261. The van der Waals surface area contributed by atoms with Crippen LogP contribution in [-0.2, 0) is 0 Å². The van der Waals surface area contributed by atoms with Crippen LogP contribution in [0.2, 0.25) is 0 Å². The number of allylic oxidation sites excluding steroid dienone is 1. The molecule has 0 radical (unpaired) electrons. The van der Waals surface area contributed by atoms with Crippen molar-refractivity contribution in [3.63, 3.8) is 0 Å². The zero-order chi connectivity index (χ0) is 9.14. The lowest BCUT2D eigenvalue weighted by atomic mass is 10.1. The lowest BCUT2D eigenvalue weighted by molar-refractivity contribution is -0.491. The van der Waals surface area contributed by atoms with Crippen LogP contribution in [0.5, 0.6) is 0 Å². The molecular formula is C7H14N5+. The Morgan fingerprint density at radius 3 is 2.83 bits per heavy atom. The van der Waals surface area contributed by atoms with Crippen LogP contribution in [0.4, 0.5) is 0 Å². The van der Waals surface area contributed by atoms with Gasteiger partial charge < -0.3 is 5.73 Å². The standard InChI is InChI=1S/C7H13N5/c1-5(2)6(8)7-11-3-10-4-12(7)9/h3-5H,8-9H2,1-2H3/p+1. The number of hydrogen-bond donors (Lipinski definition) is 3. The average Bonchev–Trinajstić information content (AvgIpc) is 2.04. The van der Waals surface area contributed by atoms with Crippen LogP contribution >= 0.6 is 0 Å². The van der Waals surface area contributed by atoms with Crippen molar-refractivity contribution in [1.82, 2.24) is 5.32 Å². The highest BCUT2D eigenvalue weighted by atomic mass is 15.4. The quantitative estimate of drug-likeness (QED) is 0.358. The van der Waals surface area contributed by atoms with Crippen molar-refractivity contribution < 1.29 is 4.68 Å². The SMILES string of the molecule is CC(C)C(N)=C1NC=NC=[N+]1N. The molecule has 0 amide bonds. The number of rotatable bonds is 1. The van der Waals surface area contributed by atoms with E-state index < -0.39 is 0 Å². The third kappa shape index (κ3) is 1.55. The number of hydrazine groups is 1. The summed E-state index contributed by atoms with van der Waals surface area (Å²) >= 11 is 0. The summed E-state index contributed by atoms with van der Waals surface area (Å²) < 4.78 is 1.37. The summed E-state index contributed by atoms with van der Waals surface area (Å²) in [6.07, 6.45) is 3.05. The van der Waals surface area contributed by atoms with Crippen LogP contribution in [0.3, 0.4) is 0 Å². The van der Waals surface area contributed by atoms with Gasteiger partial charge in [-0.3, -0.25) is 5.84 Å². The van der Waals surface area contributed by atoms with Gasteiger partial charge in [-0.1, -0.05) is 18.8 Å². The Morgan fingerprint density at radius 2 is 2.33 bits per heavy atom. The first-order valence-electron chi connectivity index (χ1n) is 3.78. The summed E-state index contributed by atoms with van der Waals surface area (Å²) in [5, 5.41) is 2.88. The van der Waals surface area contributed by atoms with E-state index >= 15 is 0 Å². The second-order valence-corrected chi connectivity index (χ2v) is 2.90. The monoisotopic (exact) mass is 168 g/mol. The predicted molar refractivity (Wildman–Crippen MR) is 48.2 cm³/mol. The second-order valence-electron chi connectivity index (χ2n) is 2.90. The number of nitrogens with zero attached hydrogens (tertiary/aromatic N) is 2. The van der Waals surface area contributed by atoms with Crippen molar-refractivity contribution in [3.8, 4) is 0 Å². The van der Waals surface area contributed by atoms with Gasteiger partial charge in [-0.15, -0.1) is 4.68 Å². The van der Waals surface area contributed by atoms with Gasteiger partial charge in [-0.05, 0) is 5.92 Å². The third-order valence-corrected chi connectivity index (χ3v) is 1.62. The maximum Gasteiger partial charge on any atom is 0.269 e. The first-order valence-corrected chi connectivity index (χ1v) is 3.78. The molecule has 1 rings (SSSR count). The van der Waals surface area contributed by atoms with Crippen LogP contribution in [-0.4, -0.2) is 17.4 Å². The largest absolute Gasteiger partial charge is 0.396 e. The zero-order valence-corrected chi connectivity index (χ0v) is 7.28. The number of hydrazone groups is 1. The van der Waals surface area contributed by atoms with Crippen LogP contribution < -0.4 is 16.9 Å². The highest BCUT2D eigenvalue weighted by molar-refractivity contribution is 5.71. The maximum atomic E-state index is 5.80. The number of nitrogens with two attached hydrogens (primary N) is 2. The van der Waals surface area contributed by atoms with Gasteiger partial charge >= 0.3 is 0 Å². The minimum atomic E-state index is 0.262. The first-order chi connectivity index (χ1) is 5.63. The molecule has 0 aromatic carbocycles. The van der Waals surface area contributed by atoms with E-state index in [2.05, 4.69) is 10.3 Å². The van der Waals surface area contributed by atoms with Crippen LogP contribution in [0, 0.1) is 5.92 Å². The van der Waals surface area contributed by atoms with Crippen LogP contribution in [0.15, 0.2) is 16.5 Å². The van der Waals surface area contributed by atoms with Gasteiger partial charge in [0.2, 0.25) is 6.34 Å². The zero-order valence-electron chi connectivity index (χ0n) is 7.28. The van der Waals surface area contributed by atoms with Gasteiger partial charge in [-0.2, -0.15) is 0 Å². The van der Waals surface area contributed by atoms with E-state index in [0.29, 0.717) is 5.82 Å². The van der Waals surface area contributed by atoms with E-state index in [-0.39, 0.29) is 5.92 Å². The smallest absolute Gasteiger partial charge is 0.269 e. The van der Waals surface area contributed by atoms with Crippen LogP contribution in [0.1, 0.15) is 13.8 Å². The molecule has 0 unspecified atom stereocenters. The summed E-state index contributed by atoms with van der Waals surface area (Å²) in [5.41, 5.74) is 6.52. The lowest BCUT2D eigenvalue weighted by Crippen LogP contribution is -2.36. The van der Waals surface area contributed by atoms with Crippen molar-refractivity contribution in [2.24, 2.45) is 22.5 Å². The molecular weight excluding hydrogens is 154 g/mol. The molecule has 0 aromatic rings. The molecule has 0 fully saturated rings. The molecule has 1 aliphatic heterocycles. The van der Waals surface area contributed by atoms with Gasteiger partial charge in [0.25, 0.3) is 12.2 Å². The molecule has 5 nitrogen and oxygen atoms in total. The van der Waals surface area contributed by atoms with Crippen molar-refractivity contribution in [2.45, 2.75) is 13.8 Å². The number of nitrogens with one attached hydrogen (secondary N) is 1. The molecule has 66 valence electrons. The van der Waals surface area contributed by atoms with Crippen LogP contribution in [0.25, 0.3) is 0 Å². The Morgan fingerprint density at radius 1 is 1.67 bits per heavy atom. The minimum absolute atomic E-state index is 0.262. The van der Waals surface area contributed by atoms with Gasteiger partial charge in [0, 0.05) is 0 Å².